The summed E-state index contributed by atoms with van der Waals surface area (Å²) >= 11 is 0. The summed E-state index contributed by atoms with van der Waals surface area (Å²) in [6.07, 6.45) is 5.24. The van der Waals surface area contributed by atoms with E-state index in [9.17, 15) is 4.79 Å². The van der Waals surface area contributed by atoms with Crippen LogP contribution in [0.3, 0.4) is 0 Å². The molecule has 1 heterocycles. The van der Waals surface area contributed by atoms with Crippen LogP contribution in [0, 0.1) is 11.8 Å². The third kappa shape index (κ3) is 2.88. The van der Waals surface area contributed by atoms with Crippen molar-refractivity contribution in [3.63, 3.8) is 0 Å². The predicted molar refractivity (Wildman–Crippen MR) is 80.0 cm³/mol. The largest absolute Gasteiger partial charge is 0.328 e. The maximum absolute atomic E-state index is 12.5. The number of rotatable bonds is 3. The summed E-state index contributed by atoms with van der Waals surface area (Å²) in [7, 11) is 0. The molecular weight excluding hydrogens is 248 g/mol. The Morgan fingerprint density at radius 2 is 2.05 bits per heavy atom. The molecule has 1 saturated heterocycles. The van der Waals surface area contributed by atoms with E-state index >= 15 is 0 Å². The van der Waals surface area contributed by atoms with Gasteiger partial charge in [0.05, 0.1) is 6.67 Å². The van der Waals surface area contributed by atoms with Gasteiger partial charge in [-0.25, -0.2) is 0 Å². The van der Waals surface area contributed by atoms with Gasteiger partial charge in [-0.15, -0.1) is 0 Å². The van der Waals surface area contributed by atoms with Crippen LogP contribution >= 0.6 is 0 Å². The van der Waals surface area contributed by atoms with Crippen molar-refractivity contribution in [3.05, 3.63) is 35.9 Å². The van der Waals surface area contributed by atoms with E-state index in [0.717, 1.165) is 18.0 Å². The first-order chi connectivity index (χ1) is 9.74. The fraction of sp³-hybridized carbons (Fsp3) is 0.588. The Morgan fingerprint density at radius 3 is 2.80 bits per heavy atom. The lowest BCUT2D eigenvalue weighted by molar-refractivity contribution is -0.129. The molecule has 3 atom stereocenters. The Balaban J connectivity index is 1.61. The Labute approximate surface area is 121 Å². The number of carbonyl (C=O) groups is 1. The van der Waals surface area contributed by atoms with E-state index in [1.807, 2.05) is 35.2 Å². The molecule has 1 aliphatic carbocycles. The lowest BCUT2D eigenvalue weighted by Crippen LogP contribution is -2.34. The van der Waals surface area contributed by atoms with Gasteiger partial charge in [0, 0.05) is 6.54 Å². The molecule has 1 aromatic rings. The molecule has 1 amide bonds. The summed E-state index contributed by atoms with van der Waals surface area (Å²) in [5.41, 5.74) is 1.08. The molecule has 3 rings (SSSR count). The fourth-order valence-electron chi connectivity index (χ4n) is 3.65. The second kappa shape index (κ2) is 5.96. The van der Waals surface area contributed by atoms with Crippen LogP contribution in [0.2, 0.25) is 0 Å². The van der Waals surface area contributed by atoms with Crippen LogP contribution in [0.5, 0.6) is 0 Å². The minimum atomic E-state index is -0.141. The first kappa shape index (κ1) is 13.6. The Hall–Kier alpha value is -1.35. The van der Waals surface area contributed by atoms with Gasteiger partial charge in [-0.3, -0.25) is 10.1 Å². The minimum absolute atomic E-state index is 0.141. The van der Waals surface area contributed by atoms with Crippen LogP contribution in [0.15, 0.2) is 30.3 Å². The van der Waals surface area contributed by atoms with Gasteiger partial charge < -0.3 is 4.90 Å². The molecule has 20 heavy (non-hydrogen) atoms. The molecule has 1 saturated carbocycles. The van der Waals surface area contributed by atoms with Crippen LogP contribution in [0.4, 0.5) is 0 Å². The van der Waals surface area contributed by atoms with E-state index in [4.69, 9.17) is 0 Å². The molecular formula is C17H24N2O. The van der Waals surface area contributed by atoms with Crippen molar-refractivity contribution in [2.45, 2.75) is 38.6 Å². The molecule has 3 nitrogen and oxygen atoms in total. The molecule has 3 unspecified atom stereocenters. The van der Waals surface area contributed by atoms with Crippen LogP contribution in [0.1, 0.15) is 44.2 Å². The van der Waals surface area contributed by atoms with Crippen LogP contribution in [0.25, 0.3) is 0 Å². The zero-order valence-electron chi connectivity index (χ0n) is 12.2. The number of carbonyl (C=O) groups excluding carboxylic acids is 1. The summed E-state index contributed by atoms with van der Waals surface area (Å²) in [5, 5.41) is 3.35. The molecule has 0 aromatic heterocycles. The Morgan fingerprint density at radius 1 is 1.25 bits per heavy atom. The highest BCUT2D eigenvalue weighted by molar-refractivity contribution is 5.85. The molecule has 0 spiro atoms. The van der Waals surface area contributed by atoms with Gasteiger partial charge in [0.1, 0.15) is 6.04 Å². The first-order valence-corrected chi connectivity index (χ1v) is 7.81. The molecule has 0 bridgehead atoms. The van der Waals surface area contributed by atoms with Gasteiger partial charge in [-0.2, -0.15) is 0 Å². The van der Waals surface area contributed by atoms with Crippen molar-refractivity contribution in [2.24, 2.45) is 11.8 Å². The van der Waals surface area contributed by atoms with Gasteiger partial charge in [-0.1, -0.05) is 50.1 Å². The summed E-state index contributed by atoms with van der Waals surface area (Å²) < 4.78 is 0. The van der Waals surface area contributed by atoms with Gasteiger partial charge in [0.15, 0.2) is 0 Å². The quantitative estimate of drug-likeness (QED) is 0.917. The Kier molecular flexibility index (Phi) is 4.06. The van der Waals surface area contributed by atoms with Crippen molar-refractivity contribution < 1.29 is 4.79 Å². The van der Waals surface area contributed by atoms with Crippen molar-refractivity contribution in [2.75, 3.05) is 13.2 Å². The highest BCUT2D eigenvalue weighted by Crippen LogP contribution is 2.30. The lowest BCUT2D eigenvalue weighted by Gasteiger charge is -2.30. The summed E-state index contributed by atoms with van der Waals surface area (Å²) in [6, 6.07) is 9.90. The zero-order chi connectivity index (χ0) is 13.9. The average Bonchev–Trinajstić information content (AvgIpc) is 2.81. The lowest BCUT2D eigenvalue weighted by atomic mass is 9.82. The second-order valence-corrected chi connectivity index (χ2v) is 6.40. The van der Waals surface area contributed by atoms with Crippen LogP contribution in [-0.4, -0.2) is 24.0 Å². The SMILES string of the molecule is CC1CCCC(CN2CNC(c3ccccc3)C2=O)C1. The minimum Gasteiger partial charge on any atom is -0.328 e. The second-order valence-electron chi connectivity index (χ2n) is 6.40. The maximum Gasteiger partial charge on any atom is 0.245 e. The molecule has 2 fully saturated rings. The number of hydrogen-bond acceptors (Lipinski definition) is 2. The zero-order valence-corrected chi connectivity index (χ0v) is 12.2. The van der Waals surface area contributed by atoms with Gasteiger partial charge in [-0.05, 0) is 30.2 Å². The summed E-state index contributed by atoms with van der Waals surface area (Å²) in [4.78, 5) is 14.5. The Bertz CT molecular complexity index is 459. The summed E-state index contributed by atoms with van der Waals surface area (Å²) in [5.74, 6) is 1.76. The van der Waals surface area contributed by atoms with Crippen LogP contribution < -0.4 is 5.32 Å². The smallest absolute Gasteiger partial charge is 0.245 e. The highest BCUT2D eigenvalue weighted by atomic mass is 16.2. The third-order valence-electron chi connectivity index (χ3n) is 4.70. The van der Waals surface area contributed by atoms with Gasteiger partial charge in [0.25, 0.3) is 0 Å². The van der Waals surface area contributed by atoms with Crippen molar-refractivity contribution >= 4 is 5.91 Å². The number of benzene rings is 1. The fourth-order valence-corrected chi connectivity index (χ4v) is 3.65. The van der Waals surface area contributed by atoms with Crippen molar-refractivity contribution in [1.29, 1.82) is 0 Å². The average molecular weight is 272 g/mol. The van der Waals surface area contributed by atoms with E-state index in [0.29, 0.717) is 12.6 Å². The number of nitrogens with zero attached hydrogens (tertiary/aromatic N) is 1. The number of hydrogen-bond donors (Lipinski definition) is 1. The van der Waals surface area contributed by atoms with E-state index in [-0.39, 0.29) is 11.9 Å². The van der Waals surface area contributed by atoms with E-state index < -0.39 is 0 Å². The van der Waals surface area contributed by atoms with E-state index in [1.165, 1.54) is 25.7 Å². The number of nitrogens with one attached hydrogen (secondary N) is 1. The van der Waals surface area contributed by atoms with Crippen molar-refractivity contribution in [3.8, 4) is 0 Å². The molecule has 1 aliphatic heterocycles. The molecule has 0 radical (unpaired) electrons. The van der Waals surface area contributed by atoms with E-state index in [1.54, 1.807) is 0 Å². The van der Waals surface area contributed by atoms with Gasteiger partial charge in [0.2, 0.25) is 5.91 Å². The molecule has 108 valence electrons. The monoisotopic (exact) mass is 272 g/mol. The van der Waals surface area contributed by atoms with Crippen molar-refractivity contribution in [1.82, 2.24) is 10.2 Å². The highest BCUT2D eigenvalue weighted by Gasteiger charge is 2.33. The van der Waals surface area contributed by atoms with E-state index in [2.05, 4.69) is 12.2 Å². The standard InChI is InChI=1S/C17H24N2O/c1-13-6-5-7-14(10-13)11-19-12-18-16(17(19)20)15-8-3-2-4-9-15/h2-4,8-9,13-14,16,18H,5-7,10-12H2,1H3. The molecule has 2 aliphatic rings. The van der Waals surface area contributed by atoms with Gasteiger partial charge >= 0.3 is 0 Å². The number of amides is 1. The molecule has 1 N–H and O–H groups in total. The normalized spacial score (nSPS) is 30.8. The molecule has 3 heteroatoms. The predicted octanol–water partition coefficient (Wildman–Crippen LogP) is 2.94. The topological polar surface area (TPSA) is 32.3 Å². The third-order valence-corrected chi connectivity index (χ3v) is 4.70. The van der Waals surface area contributed by atoms with Crippen LogP contribution in [-0.2, 0) is 4.79 Å². The summed E-state index contributed by atoms with van der Waals surface area (Å²) in [6.45, 7) is 3.96. The first-order valence-electron chi connectivity index (χ1n) is 7.81. The maximum atomic E-state index is 12.5. The molecule has 1 aromatic carbocycles.